The van der Waals surface area contributed by atoms with Crippen LogP contribution in [0.25, 0.3) is 0 Å². The van der Waals surface area contributed by atoms with Gasteiger partial charge in [0.25, 0.3) is 0 Å². The molecule has 0 aliphatic heterocycles. The molecule has 0 spiro atoms. The molecule has 8 nitrogen and oxygen atoms in total. The van der Waals surface area contributed by atoms with Gasteiger partial charge in [0.2, 0.25) is 0 Å². The quantitative estimate of drug-likeness (QED) is 0.203. The second kappa shape index (κ2) is 17.2. The van der Waals surface area contributed by atoms with Gasteiger partial charge in [-0.3, -0.25) is 19.2 Å². The number of carboxylic acid groups (broad SMARTS) is 4. The van der Waals surface area contributed by atoms with Crippen molar-refractivity contribution in [3.05, 3.63) is 0 Å². The summed E-state index contributed by atoms with van der Waals surface area (Å²) in [6.07, 6.45) is 1.55. The lowest BCUT2D eigenvalue weighted by atomic mass is 10.4. The Hall–Kier alpha value is -0.720. The smallest absolute Gasteiger partial charge is 0.304 e. The molecule has 0 fully saturated rings. The zero-order valence-corrected chi connectivity index (χ0v) is 18.5. The van der Waals surface area contributed by atoms with E-state index >= 15 is 0 Å². The molecule has 0 amide bonds. The Morgan fingerprint density at radius 3 is 0.893 bits per heavy atom. The van der Waals surface area contributed by atoms with Crippen LogP contribution in [0.5, 0.6) is 0 Å². The van der Waals surface area contributed by atoms with E-state index in [0.717, 1.165) is 0 Å². The van der Waals surface area contributed by atoms with Crippen molar-refractivity contribution in [2.24, 2.45) is 0 Å². The SMILES string of the molecule is O=C(O)CCSC(CCC(SCCC(=O)O)SCCC(=O)O)SCCC(=O)O. The van der Waals surface area contributed by atoms with Crippen LogP contribution in [-0.2, 0) is 19.2 Å². The first-order valence-corrected chi connectivity index (χ1v) is 12.7. The molecule has 0 atom stereocenters. The summed E-state index contributed by atoms with van der Waals surface area (Å²) in [7, 11) is 0. The van der Waals surface area contributed by atoms with E-state index in [4.69, 9.17) is 20.4 Å². The third-order valence-corrected chi connectivity index (χ3v) is 8.94. The van der Waals surface area contributed by atoms with E-state index in [2.05, 4.69) is 0 Å². The Morgan fingerprint density at radius 2 is 0.714 bits per heavy atom. The lowest BCUT2D eigenvalue weighted by Crippen LogP contribution is -2.10. The number of carboxylic acids is 4. The molecular formula is C16H26O8S4. The summed E-state index contributed by atoms with van der Waals surface area (Å²) in [6, 6.07) is 0. The molecule has 0 heterocycles. The van der Waals surface area contributed by atoms with Gasteiger partial charge in [-0.1, -0.05) is 0 Å². The number of hydrogen-bond donors (Lipinski definition) is 4. The molecule has 0 aromatic rings. The maximum Gasteiger partial charge on any atom is 0.304 e. The molecule has 12 heteroatoms. The highest BCUT2D eigenvalue weighted by atomic mass is 32.2. The minimum absolute atomic E-state index is 0.0325. The molecule has 162 valence electrons. The number of thioether (sulfide) groups is 4. The fourth-order valence-electron chi connectivity index (χ4n) is 1.81. The highest BCUT2D eigenvalue weighted by molar-refractivity contribution is 8.17. The van der Waals surface area contributed by atoms with Crippen LogP contribution in [0.2, 0.25) is 0 Å². The van der Waals surface area contributed by atoms with E-state index in [1.54, 1.807) is 0 Å². The van der Waals surface area contributed by atoms with E-state index in [-0.39, 0.29) is 34.8 Å². The van der Waals surface area contributed by atoms with Crippen molar-refractivity contribution in [1.29, 1.82) is 0 Å². The normalized spacial score (nSPS) is 11.1. The fraction of sp³-hybridized carbons (Fsp3) is 0.750. The van der Waals surface area contributed by atoms with Gasteiger partial charge in [0.05, 0.1) is 34.8 Å². The van der Waals surface area contributed by atoms with Gasteiger partial charge in [0.15, 0.2) is 0 Å². The van der Waals surface area contributed by atoms with E-state index in [1.807, 2.05) is 0 Å². The van der Waals surface area contributed by atoms with Crippen molar-refractivity contribution < 1.29 is 39.6 Å². The Morgan fingerprint density at radius 1 is 0.500 bits per heavy atom. The maximum atomic E-state index is 10.7. The largest absolute Gasteiger partial charge is 0.481 e. The standard InChI is InChI=1S/C16H26O8S4/c17-11(18)3-7-25-15(26-8-4-12(19)20)1-2-16(27-9-5-13(21)22)28-10-6-14(23)24/h15-16H,1-10H2,(H,17,18)(H,19,20)(H,21,22)(H,23,24). The number of aliphatic carboxylic acids is 4. The van der Waals surface area contributed by atoms with E-state index in [0.29, 0.717) is 35.9 Å². The molecule has 0 aromatic heterocycles. The Labute approximate surface area is 181 Å². The molecule has 0 saturated carbocycles. The van der Waals surface area contributed by atoms with Gasteiger partial charge < -0.3 is 20.4 Å². The molecule has 0 rings (SSSR count). The van der Waals surface area contributed by atoms with Gasteiger partial charge in [-0.2, -0.15) is 0 Å². The third-order valence-electron chi connectivity index (χ3n) is 3.12. The van der Waals surface area contributed by atoms with Gasteiger partial charge in [0, 0.05) is 23.0 Å². The number of carbonyl (C=O) groups is 4. The van der Waals surface area contributed by atoms with Crippen LogP contribution in [0.1, 0.15) is 38.5 Å². The van der Waals surface area contributed by atoms with Crippen LogP contribution in [0.15, 0.2) is 0 Å². The molecule has 0 aromatic carbocycles. The van der Waals surface area contributed by atoms with Crippen LogP contribution >= 0.6 is 47.0 Å². The topological polar surface area (TPSA) is 149 Å². The van der Waals surface area contributed by atoms with Gasteiger partial charge >= 0.3 is 23.9 Å². The average molecular weight is 475 g/mol. The summed E-state index contributed by atoms with van der Waals surface area (Å²) in [4.78, 5) is 42.8. The van der Waals surface area contributed by atoms with Crippen LogP contribution in [0.4, 0.5) is 0 Å². The second-order valence-electron chi connectivity index (χ2n) is 5.49. The van der Waals surface area contributed by atoms with Gasteiger partial charge in [-0.25, -0.2) is 0 Å². The zero-order chi connectivity index (χ0) is 21.4. The summed E-state index contributed by atoms with van der Waals surface area (Å²) in [5.74, 6) is -1.79. The molecule has 4 N–H and O–H groups in total. The van der Waals surface area contributed by atoms with E-state index < -0.39 is 23.9 Å². The summed E-state index contributed by atoms with van der Waals surface area (Å²) in [5, 5.41) is 35.1. The van der Waals surface area contributed by atoms with Crippen molar-refractivity contribution in [1.82, 2.24) is 0 Å². The summed E-state index contributed by atoms with van der Waals surface area (Å²) in [5.41, 5.74) is 0. The van der Waals surface area contributed by atoms with Gasteiger partial charge in [-0.15, -0.1) is 47.0 Å². The number of rotatable bonds is 19. The van der Waals surface area contributed by atoms with Crippen LogP contribution in [0.3, 0.4) is 0 Å². The minimum atomic E-state index is -0.881. The minimum Gasteiger partial charge on any atom is -0.481 e. The van der Waals surface area contributed by atoms with Crippen molar-refractivity contribution in [2.75, 3.05) is 23.0 Å². The van der Waals surface area contributed by atoms with Crippen molar-refractivity contribution in [3.8, 4) is 0 Å². The molecule has 0 unspecified atom stereocenters. The summed E-state index contributed by atoms with van der Waals surface area (Å²) >= 11 is 5.93. The Kier molecular flexibility index (Phi) is 16.7. The third kappa shape index (κ3) is 18.6. The molecule has 0 aliphatic carbocycles. The molecule has 0 aliphatic rings. The lowest BCUT2D eigenvalue weighted by molar-refractivity contribution is -0.137. The van der Waals surface area contributed by atoms with Crippen LogP contribution < -0.4 is 0 Å². The van der Waals surface area contributed by atoms with Crippen LogP contribution in [0, 0.1) is 0 Å². The molecular weight excluding hydrogens is 448 g/mol. The Bertz CT molecular complexity index is 419. The number of hydrogen-bond acceptors (Lipinski definition) is 8. The van der Waals surface area contributed by atoms with Gasteiger partial charge in [-0.05, 0) is 12.8 Å². The van der Waals surface area contributed by atoms with Gasteiger partial charge in [0.1, 0.15) is 0 Å². The average Bonchev–Trinajstić information content (AvgIpc) is 2.57. The fourth-order valence-corrected chi connectivity index (χ4v) is 7.17. The highest BCUT2D eigenvalue weighted by Crippen LogP contribution is 2.35. The molecule has 0 bridgehead atoms. The first-order chi connectivity index (χ1) is 13.2. The zero-order valence-electron chi connectivity index (χ0n) is 15.3. The first kappa shape index (κ1) is 27.3. The van der Waals surface area contributed by atoms with Crippen molar-refractivity contribution in [2.45, 2.75) is 47.7 Å². The van der Waals surface area contributed by atoms with E-state index in [1.165, 1.54) is 47.0 Å². The monoisotopic (exact) mass is 474 g/mol. The van der Waals surface area contributed by atoms with Crippen molar-refractivity contribution >= 4 is 70.9 Å². The Balaban J connectivity index is 4.57. The lowest BCUT2D eigenvalue weighted by Gasteiger charge is -2.20. The highest BCUT2D eigenvalue weighted by Gasteiger charge is 2.17. The molecule has 0 radical (unpaired) electrons. The van der Waals surface area contributed by atoms with Crippen LogP contribution in [-0.4, -0.2) is 76.5 Å². The predicted octanol–water partition coefficient (Wildman–Crippen LogP) is 3.25. The molecule has 0 saturated heterocycles. The summed E-state index contributed by atoms with van der Waals surface area (Å²) < 4.78 is 0.0858. The van der Waals surface area contributed by atoms with Crippen molar-refractivity contribution in [3.63, 3.8) is 0 Å². The molecule has 28 heavy (non-hydrogen) atoms. The first-order valence-electron chi connectivity index (χ1n) is 8.54. The maximum absolute atomic E-state index is 10.7. The summed E-state index contributed by atoms with van der Waals surface area (Å²) in [6.45, 7) is 0. The predicted molar refractivity (Wildman–Crippen MR) is 116 cm³/mol. The van der Waals surface area contributed by atoms with E-state index in [9.17, 15) is 19.2 Å². The second-order valence-corrected chi connectivity index (χ2v) is 11.3.